The first kappa shape index (κ1) is 14.2. The molecule has 1 N–H and O–H groups in total. The van der Waals surface area contributed by atoms with Crippen molar-refractivity contribution in [3.05, 3.63) is 61.7 Å². The Morgan fingerprint density at radius 1 is 1.20 bits per heavy atom. The number of hydrogen-bond donors (Lipinski definition) is 1. The molecule has 0 radical (unpaired) electrons. The number of anilines is 1. The van der Waals surface area contributed by atoms with Crippen molar-refractivity contribution in [2.24, 2.45) is 0 Å². The van der Waals surface area contributed by atoms with Crippen molar-refractivity contribution >= 4 is 57.4 Å². The molecule has 0 bridgehead atoms. The molecule has 0 fully saturated rings. The van der Waals surface area contributed by atoms with Gasteiger partial charge in [0.15, 0.2) is 0 Å². The van der Waals surface area contributed by atoms with Gasteiger partial charge in [0.05, 0.1) is 11.8 Å². The molecular weight excluding hydrogens is 408 g/mol. The van der Waals surface area contributed by atoms with Crippen LogP contribution in [0.4, 0.5) is 5.69 Å². The molecule has 2 nitrogen and oxygen atoms in total. The summed E-state index contributed by atoms with van der Waals surface area (Å²) in [4.78, 5) is 11.4. The molecule has 1 heterocycles. The van der Waals surface area contributed by atoms with E-state index in [4.69, 9.17) is 23.2 Å². The highest BCUT2D eigenvalue weighted by Gasteiger charge is 2.21. The number of rotatable bonds is 2. The molecule has 3 rings (SSSR count). The lowest BCUT2D eigenvalue weighted by molar-refractivity contribution is -0.115. The van der Waals surface area contributed by atoms with E-state index in [1.54, 1.807) is 0 Å². The third-order valence-electron chi connectivity index (χ3n) is 3.28. The maximum Gasteiger partial charge on any atom is 0.228 e. The summed E-state index contributed by atoms with van der Waals surface area (Å²) in [5, 5.41) is 3.21. The van der Waals surface area contributed by atoms with E-state index in [1.165, 1.54) is 0 Å². The van der Waals surface area contributed by atoms with Crippen LogP contribution in [-0.2, 0) is 11.2 Å². The van der Waals surface area contributed by atoms with E-state index in [0.29, 0.717) is 11.4 Å². The van der Waals surface area contributed by atoms with E-state index in [9.17, 15) is 4.79 Å². The van der Waals surface area contributed by atoms with Crippen molar-refractivity contribution < 1.29 is 4.79 Å². The summed E-state index contributed by atoms with van der Waals surface area (Å²) < 4.78 is 1.07. The van der Waals surface area contributed by atoms with Crippen molar-refractivity contribution in [1.82, 2.24) is 0 Å². The molecule has 2 aromatic rings. The molecule has 20 heavy (non-hydrogen) atoms. The van der Waals surface area contributed by atoms with Gasteiger partial charge in [0.2, 0.25) is 5.91 Å². The number of carbonyl (C=O) groups excluding carboxylic acids is 1. The molecule has 0 aromatic heterocycles. The first-order valence-corrected chi connectivity index (χ1v) is 7.95. The van der Waals surface area contributed by atoms with Crippen molar-refractivity contribution in [3.63, 3.8) is 0 Å². The number of hydrogen-bond acceptors (Lipinski definition) is 1. The summed E-state index contributed by atoms with van der Waals surface area (Å²) >= 11 is 14.9. The van der Waals surface area contributed by atoms with Crippen LogP contribution in [0.2, 0.25) is 5.02 Å². The Kier molecular flexibility index (Phi) is 3.93. The fourth-order valence-electron chi connectivity index (χ4n) is 2.30. The highest BCUT2D eigenvalue weighted by molar-refractivity contribution is 14.1. The Labute approximate surface area is 140 Å². The second kappa shape index (κ2) is 5.54. The summed E-state index contributed by atoms with van der Waals surface area (Å²) in [6.45, 7) is 0. The zero-order chi connectivity index (χ0) is 14.3. The molecular formula is C15H10Cl2INO. The first-order valence-electron chi connectivity index (χ1n) is 6.06. The molecule has 0 spiro atoms. The molecule has 1 amide bonds. The van der Waals surface area contributed by atoms with Crippen molar-refractivity contribution in [2.75, 3.05) is 5.32 Å². The number of amides is 1. The van der Waals surface area contributed by atoms with Gasteiger partial charge < -0.3 is 5.32 Å². The van der Waals surface area contributed by atoms with E-state index in [1.807, 2.05) is 36.4 Å². The Morgan fingerprint density at radius 3 is 2.80 bits per heavy atom. The van der Waals surface area contributed by atoms with Gasteiger partial charge in [-0.3, -0.25) is 4.79 Å². The van der Waals surface area contributed by atoms with Gasteiger partial charge in [0, 0.05) is 14.3 Å². The monoisotopic (exact) mass is 417 g/mol. The molecule has 0 aliphatic carbocycles. The maximum absolute atomic E-state index is 11.4. The summed E-state index contributed by atoms with van der Waals surface area (Å²) in [6, 6.07) is 11.5. The van der Waals surface area contributed by atoms with Crippen LogP contribution in [0.15, 0.2) is 36.4 Å². The number of halogens is 3. The van der Waals surface area contributed by atoms with Gasteiger partial charge in [-0.15, -0.1) is 11.6 Å². The zero-order valence-corrected chi connectivity index (χ0v) is 14.0. The summed E-state index contributed by atoms with van der Waals surface area (Å²) in [5.41, 5.74) is 3.83. The van der Waals surface area contributed by atoms with Crippen LogP contribution in [0.25, 0.3) is 0 Å². The lowest BCUT2D eigenvalue weighted by Gasteiger charge is -2.14. The lowest BCUT2D eigenvalue weighted by Crippen LogP contribution is -2.03. The number of carbonyl (C=O) groups is 1. The van der Waals surface area contributed by atoms with Gasteiger partial charge in [-0.1, -0.05) is 23.7 Å². The molecule has 5 heteroatoms. The van der Waals surface area contributed by atoms with E-state index in [2.05, 4.69) is 27.9 Å². The zero-order valence-electron chi connectivity index (χ0n) is 10.3. The van der Waals surface area contributed by atoms with E-state index >= 15 is 0 Å². The largest absolute Gasteiger partial charge is 0.326 e. The van der Waals surface area contributed by atoms with Gasteiger partial charge >= 0.3 is 0 Å². The summed E-state index contributed by atoms with van der Waals surface area (Å²) in [7, 11) is 0. The lowest BCUT2D eigenvalue weighted by atomic mass is 10.0. The quantitative estimate of drug-likeness (QED) is 0.553. The van der Waals surface area contributed by atoms with Crippen LogP contribution in [0.3, 0.4) is 0 Å². The fraction of sp³-hybridized carbons (Fsp3) is 0.133. The third kappa shape index (κ3) is 2.67. The predicted molar refractivity (Wildman–Crippen MR) is 90.6 cm³/mol. The first-order chi connectivity index (χ1) is 9.54. The number of alkyl halides is 1. The molecule has 102 valence electrons. The van der Waals surface area contributed by atoms with Crippen molar-refractivity contribution in [2.45, 2.75) is 11.8 Å². The van der Waals surface area contributed by atoms with Gasteiger partial charge in [0.25, 0.3) is 0 Å². The van der Waals surface area contributed by atoms with Crippen molar-refractivity contribution in [1.29, 1.82) is 0 Å². The van der Waals surface area contributed by atoms with Crippen molar-refractivity contribution in [3.8, 4) is 0 Å². The van der Waals surface area contributed by atoms with Gasteiger partial charge in [-0.2, -0.15) is 0 Å². The van der Waals surface area contributed by atoms with Crippen LogP contribution >= 0.6 is 45.8 Å². The van der Waals surface area contributed by atoms with Crippen LogP contribution in [0.5, 0.6) is 0 Å². The molecule has 1 unspecified atom stereocenters. The van der Waals surface area contributed by atoms with Gasteiger partial charge in [-0.25, -0.2) is 0 Å². The SMILES string of the molecule is O=C1Cc2cc(C(Cl)c3cc(Cl)ccc3I)ccc2N1. The smallest absolute Gasteiger partial charge is 0.228 e. The van der Waals surface area contributed by atoms with Gasteiger partial charge in [-0.05, 0) is 63.5 Å². The predicted octanol–water partition coefficient (Wildman–Crippen LogP) is 4.77. The molecule has 1 atom stereocenters. The second-order valence-electron chi connectivity index (χ2n) is 4.67. The Balaban J connectivity index is 1.99. The van der Waals surface area contributed by atoms with Crippen LogP contribution in [-0.4, -0.2) is 5.91 Å². The minimum atomic E-state index is -0.276. The number of nitrogens with one attached hydrogen (secondary N) is 1. The minimum absolute atomic E-state index is 0.0283. The summed E-state index contributed by atoms with van der Waals surface area (Å²) in [6.07, 6.45) is 0.416. The average Bonchev–Trinajstić information content (AvgIpc) is 2.79. The molecule has 1 aliphatic heterocycles. The van der Waals surface area contributed by atoms with E-state index < -0.39 is 0 Å². The number of fused-ring (bicyclic) bond motifs is 1. The topological polar surface area (TPSA) is 29.1 Å². The van der Waals surface area contributed by atoms with E-state index in [-0.39, 0.29) is 11.3 Å². The van der Waals surface area contributed by atoms with Crippen LogP contribution < -0.4 is 5.32 Å². The average molecular weight is 418 g/mol. The second-order valence-corrected chi connectivity index (χ2v) is 6.70. The minimum Gasteiger partial charge on any atom is -0.326 e. The fourth-order valence-corrected chi connectivity index (χ4v) is 3.62. The molecule has 0 saturated carbocycles. The molecule has 2 aromatic carbocycles. The Hall–Kier alpha value is -0.780. The van der Waals surface area contributed by atoms with Gasteiger partial charge in [0.1, 0.15) is 0 Å². The highest BCUT2D eigenvalue weighted by atomic mass is 127. The standard InChI is InChI=1S/C15H10Cl2INO/c16-10-2-3-12(18)11(7-10)15(17)8-1-4-13-9(5-8)6-14(20)19-13/h1-5,7,15H,6H2,(H,19,20). The summed E-state index contributed by atoms with van der Waals surface area (Å²) in [5.74, 6) is 0.0283. The normalized spacial score (nSPS) is 14.8. The molecule has 0 saturated heterocycles. The third-order valence-corrected chi connectivity index (χ3v) is 4.98. The highest BCUT2D eigenvalue weighted by Crippen LogP contribution is 2.36. The number of benzene rings is 2. The van der Waals surface area contributed by atoms with Crippen LogP contribution in [0, 0.1) is 3.57 Å². The Bertz CT molecular complexity index is 702. The maximum atomic E-state index is 11.4. The molecule has 1 aliphatic rings. The van der Waals surface area contributed by atoms with E-state index in [0.717, 1.165) is 25.9 Å². The van der Waals surface area contributed by atoms with Crippen LogP contribution in [0.1, 0.15) is 22.1 Å². The Morgan fingerprint density at radius 2 is 2.00 bits per heavy atom.